The molecular weight excluding hydrogens is 479 g/mol. The first-order valence-electron chi connectivity index (χ1n) is 11.5. The van der Waals surface area contributed by atoms with E-state index in [4.69, 9.17) is 5.11 Å². The third-order valence-corrected chi connectivity index (χ3v) is 10.5. The molecule has 0 radical (unpaired) electrons. The number of rotatable bonds is 13. The molecule has 0 amide bonds. The van der Waals surface area contributed by atoms with Crippen LogP contribution >= 0.6 is 7.26 Å². The average Bonchev–Trinajstić information content (AvgIpc) is 2.82. The first-order chi connectivity index (χ1) is 15.2. The van der Waals surface area contributed by atoms with Gasteiger partial charge in [-0.2, -0.15) is 0 Å². The van der Waals surface area contributed by atoms with Gasteiger partial charge in [-0.1, -0.05) is 80.3 Å². The maximum atomic E-state index is 10.6. The lowest BCUT2D eigenvalue weighted by atomic mass is 10.1. The summed E-state index contributed by atoms with van der Waals surface area (Å²) in [7, 11) is -1.70. The highest BCUT2D eigenvalue weighted by molar-refractivity contribution is 7.95. The number of carboxylic acids is 1. The lowest BCUT2D eigenvalue weighted by Gasteiger charge is -2.27. The predicted octanol–water partition coefficient (Wildman–Crippen LogP) is 3.19. The molecule has 3 aromatic carbocycles. The summed E-state index contributed by atoms with van der Waals surface area (Å²) in [5, 5.41) is 13.1. The van der Waals surface area contributed by atoms with Gasteiger partial charge in [-0.3, -0.25) is 4.79 Å². The second-order valence-electron chi connectivity index (χ2n) is 8.16. The van der Waals surface area contributed by atoms with Crippen molar-refractivity contribution in [1.82, 2.24) is 0 Å². The zero-order chi connectivity index (χ0) is 21.8. The van der Waals surface area contributed by atoms with Crippen LogP contribution in [-0.4, -0.2) is 17.2 Å². The summed E-state index contributed by atoms with van der Waals surface area (Å²) >= 11 is 0. The van der Waals surface area contributed by atoms with E-state index in [9.17, 15) is 4.79 Å². The number of unbranched alkanes of at least 4 members (excludes halogenated alkanes) is 6. The zero-order valence-electron chi connectivity index (χ0n) is 18.7. The van der Waals surface area contributed by atoms with Crippen LogP contribution in [0.3, 0.4) is 0 Å². The van der Waals surface area contributed by atoms with E-state index in [1.807, 2.05) is 0 Å². The van der Waals surface area contributed by atoms with Crippen molar-refractivity contribution in [3.05, 3.63) is 91.0 Å². The summed E-state index contributed by atoms with van der Waals surface area (Å²) in [6, 6.07) is 33.3. The van der Waals surface area contributed by atoms with Crippen LogP contribution in [0.1, 0.15) is 51.4 Å². The van der Waals surface area contributed by atoms with Crippen LogP contribution in [-0.2, 0) is 4.79 Å². The summed E-state index contributed by atoms with van der Waals surface area (Å²) in [5.74, 6) is -0.678. The molecule has 1 N–H and O–H groups in total. The van der Waals surface area contributed by atoms with Crippen molar-refractivity contribution in [2.75, 3.05) is 6.16 Å². The molecule has 3 aromatic rings. The van der Waals surface area contributed by atoms with E-state index < -0.39 is 13.2 Å². The Bertz CT molecular complexity index is 804. The van der Waals surface area contributed by atoms with Gasteiger partial charge in [0.25, 0.3) is 0 Å². The number of benzene rings is 3. The summed E-state index contributed by atoms with van der Waals surface area (Å²) < 4.78 is 0. The van der Waals surface area contributed by atoms with E-state index in [0.29, 0.717) is 6.42 Å². The minimum absolute atomic E-state index is 0. The van der Waals surface area contributed by atoms with Gasteiger partial charge in [0, 0.05) is 6.42 Å². The number of halogens is 1. The first kappa shape index (κ1) is 26.3. The van der Waals surface area contributed by atoms with Crippen LogP contribution in [0.25, 0.3) is 0 Å². The molecule has 0 heterocycles. The normalized spacial score (nSPS) is 11.0. The molecular formula is C28H34BrO2P. The molecule has 3 rings (SSSR count). The highest BCUT2D eigenvalue weighted by Crippen LogP contribution is 2.55. The Labute approximate surface area is 204 Å². The molecule has 0 saturated heterocycles. The smallest absolute Gasteiger partial charge is 0.303 e. The number of hydrogen-bond donors (Lipinski definition) is 1. The standard InChI is InChI=1S/C28H33O2P.BrH/c29-28(30)23-15-4-2-1-3-5-16-24-31(25-17-9-6-10-18-25,26-19-11-7-12-20-26)27-21-13-8-14-22-27;/h6-14,17-22H,1-5,15-16,23-24H2;1H. The van der Waals surface area contributed by atoms with Crippen LogP contribution in [0.5, 0.6) is 0 Å². The van der Waals surface area contributed by atoms with Crippen molar-refractivity contribution < 1.29 is 26.9 Å². The summed E-state index contributed by atoms with van der Waals surface area (Å²) in [4.78, 5) is 10.6. The van der Waals surface area contributed by atoms with Crippen molar-refractivity contribution in [3.8, 4) is 0 Å². The minimum atomic E-state index is -1.70. The maximum absolute atomic E-state index is 10.6. The van der Waals surface area contributed by atoms with Gasteiger partial charge in [-0.25, -0.2) is 0 Å². The first-order valence-corrected chi connectivity index (χ1v) is 13.5. The molecule has 170 valence electrons. The molecule has 0 atom stereocenters. The molecule has 0 aromatic heterocycles. The molecule has 4 heteroatoms. The minimum Gasteiger partial charge on any atom is -1.00 e. The van der Waals surface area contributed by atoms with Crippen LogP contribution in [0.4, 0.5) is 0 Å². The van der Waals surface area contributed by atoms with Gasteiger partial charge in [0.05, 0.1) is 6.16 Å². The monoisotopic (exact) mass is 512 g/mol. The fraction of sp³-hybridized carbons (Fsp3) is 0.321. The number of aliphatic carboxylic acids is 1. The van der Waals surface area contributed by atoms with Crippen molar-refractivity contribution in [3.63, 3.8) is 0 Å². The van der Waals surface area contributed by atoms with Crippen LogP contribution in [0.2, 0.25) is 0 Å². The number of hydrogen-bond acceptors (Lipinski definition) is 1. The van der Waals surface area contributed by atoms with E-state index in [0.717, 1.165) is 19.3 Å². The number of carbonyl (C=O) groups is 1. The van der Waals surface area contributed by atoms with E-state index in [-0.39, 0.29) is 17.0 Å². The molecule has 0 spiro atoms. The van der Waals surface area contributed by atoms with Crippen molar-refractivity contribution >= 4 is 29.1 Å². The third kappa shape index (κ3) is 7.29. The molecule has 0 bridgehead atoms. The summed E-state index contributed by atoms with van der Waals surface area (Å²) in [5.41, 5.74) is 0. The van der Waals surface area contributed by atoms with Gasteiger partial charge in [0.1, 0.15) is 23.2 Å². The Hall–Kier alpha value is -1.96. The lowest BCUT2D eigenvalue weighted by molar-refractivity contribution is -0.137. The Morgan fingerprint density at radius 2 is 0.906 bits per heavy atom. The van der Waals surface area contributed by atoms with Crippen LogP contribution < -0.4 is 32.9 Å². The molecule has 0 aliphatic carbocycles. The second-order valence-corrected chi connectivity index (χ2v) is 11.8. The van der Waals surface area contributed by atoms with E-state index in [1.165, 1.54) is 47.8 Å². The number of carboxylic acid groups (broad SMARTS) is 1. The Morgan fingerprint density at radius 3 is 1.28 bits per heavy atom. The average molecular weight is 513 g/mol. The fourth-order valence-electron chi connectivity index (χ4n) is 4.39. The molecule has 0 aliphatic heterocycles. The predicted molar refractivity (Wildman–Crippen MR) is 135 cm³/mol. The lowest BCUT2D eigenvalue weighted by Crippen LogP contribution is -3.00. The van der Waals surface area contributed by atoms with Gasteiger partial charge in [0.2, 0.25) is 0 Å². The Kier molecular flexibility index (Phi) is 11.7. The van der Waals surface area contributed by atoms with Crippen molar-refractivity contribution in [1.29, 1.82) is 0 Å². The van der Waals surface area contributed by atoms with E-state index in [2.05, 4.69) is 91.0 Å². The molecule has 0 aliphatic rings. The molecule has 0 fully saturated rings. The molecule has 0 unspecified atom stereocenters. The third-order valence-electron chi connectivity index (χ3n) is 5.98. The van der Waals surface area contributed by atoms with Gasteiger partial charge >= 0.3 is 5.97 Å². The topological polar surface area (TPSA) is 37.3 Å². The molecule has 0 saturated carbocycles. The van der Waals surface area contributed by atoms with Gasteiger partial charge in [-0.05, 0) is 55.7 Å². The van der Waals surface area contributed by atoms with Gasteiger partial charge in [-0.15, -0.1) is 0 Å². The molecule has 2 nitrogen and oxygen atoms in total. The van der Waals surface area contributed by atoms with Crippen molar-refractivity contribution in [2.24, 2.45) is 0 Å². The fourth-order valence-corrected chi connectivity index (χ4v) is 8.80. The highest BCUT2D eigenvalue weighted by atomic mass is 79.9. The Balaban J connectivity index is 0.00000363. The van der Waals surface area contributed by atoms with Crippen LogP contribution in [0, 0.1) is 0 Å². The van der Waals surface area contributed by atoms with E-state index in [1.54, 1.807) is 0 Å². The SMILES string of the molecule is O=C(O)CCCCCCCCC[P+](c1ccccc1)(c1ccccc1)c1ccccc1.[Br-]. The quantitative estimate of drug-likeness (QED) is 0.282. The Morgan fingerprint density at radius 1 is 0.562 bits per heavy atom. The summed E-state index contributed by atoms with van der Waals surface area (Å²) in [6.45, 7) is 0. The second kappa shape index (κ2) is 14.2. The molecule has 32 heavy (non-hydrogen) atoms. The zero-order valence-corrected chi connectivity index (χ0v) is 21.2. The summed E-state index contributed by atoms with van der Waals surface area (Å²) in [6.07, 6.45) is 9.33. The van der Waals surface area contributed by atoms with Crippen LogP contribution in [0.15, 0.2) is 91.0 Å². The van der Waals surface area contributed by atoms with Gasteiger partial charge < -0.3 is 22.1 Å². The maximum Gasteiger partial charge on any atom is 0.303 e. The largest absolute Gasteiger partial charge is 1.00 e. The van der Waals surface area contributed by atoms with Gasteiger partial charge in [0.15, 0.2) is 0 Å². The van der Waals surface area contributed by atoms with Crippen molar-refractivity contribution in [2.45, 2.75) is 51.4 Å². The van der Waals surface area contributed by atoms with E-state index >= 15 is 0 Å². The highest BCUT2D eigenvalue weighted by Gasteiger charge is 2.44.